The molecule has 4 N–H and O–H groups in total. The molecular weight excluding hydrogens is 178 g/mol. The van der Waals surface area contributed by atoms with Crippen LogP contribution in [0.25, 0.3) is 0 Å². The number of carboxylic acids is 2. The van der Waals surface area contributed by atoms with Gasteiger partial charge >= 0.3 is 49.7 Å². The van der Waals surface area contributed by atoms with E-state index in [-0.39, 0.29) is 53.4 Å². The quantitative estimate of drug-likeness (QED) is 0.498. The van der Waals surface area contributed by atoms with Gasteiger partial charge in [-0.25, -0.2) is 0 Å². The number of rotatable bonds is 4. The Balaban J connectivity index is -0.000000135. The molecule has 0 amide bonds. The van der Waals surface area contributed by atoms with Crippen LogP contribution in [-0.4, -0.2) is 65.9 Å². The van der Waals surface area contributed by atoms with E-state index in [2.05, 4.69) is 0 Å². The molecule has 1 atom stereocenters. The third-order valence-corrected chi connectivity index (χ3v) is 0.986. The van der Waals surface area contributed by atoms with Gasteiger partial charge in [0.25, 0.3) is 0 Å². The molecule has 0 aliphatic rings. The van der Waals surface area contributed by atoms with E-state index in [1.807, 2.05) is 0 Å². The van der Waals surface area contributed by atoms with Gasteiger partial charge in [-0.15, -0.1) is 0 Å². The molecule has 0 unspecified atom stereocenters. The zero-order valence-corrected chi connectivity index (χ0v) is 8.20. The first-order valence-corrected chi connectivity index (χ1v) is 2.74. The largest absolute Gasteiger partial charge is 2.00 e. The average Bonchev–Trinajstić information content (AvgIpc) is 1.82. The number of hydrogen-bond donors (Lipinski definition) is 3. The second-order valence-corrected chi connectivity index (χ2v) is 1.88. The van der Waals surface area contributed by atoms with Gasteiger partial charge in [0.05, 0.1) is 0 Å². The number of hydrogen-bond acceptors (Lipinski definition) is 3. The Labute approximate surface area is 96.5 Å². The maximum Gasteiger partial charge on any atom is 2.00 e. The number of aliphatic carboxylic acids is 2. The summed E-state index contributed by atoms with van der Waals surface area (Å²) in [4.78, 5) is 19.9. The fourth-order valence-corrected chi connectivity index (χ4v) is 0.402. The molecule has 0 aromatic heterocycles. The van der Waals surface area contributed by atoms with E-state index < -0.39 is 18.0 Å². The van der Waals surface area contributed by atoms with Crippen LogP contribution >= 0.6 is 0 Å². The molecule has 62 valence electrons. The Hall–Kier alpha value is 0.160. The maximum absolute atomic E-state index is 9.99. The summed E-state index contributed by atoms with van der Waals surface area (Å²) in [7, 11) is 0. The molecule has 0 aromatic rings. The Bertz CT molecular complexity index is 157. The molecule has 0 rings (SSSR count). The van der Waals surface area contributed by atoms with Crippen LogP contribution in [0.2, 0.25) is 0 Å². The van der Waals surface area contributed by atoms with Crippen LogP contribution in [0.5, 0.6) is 0 Å². The summed E-state index contributed by atoms with van der Waals surface area (Å²) in [5.74, 6) is -2.20. The molecule has 0 bridgehead atoms. The number of nitrogens with two attached hydrogens (primary N) is 1. The van der Waals surface area contributed by atoms with Crippen molar-refractivity contribution in [2.75, 3.05) is 0 Å². The van der Waals surface area contributed by atoms with Crippen molar-refractivity contribution in [3.63, 3.8) is 0 Å². The van der Waals surface area contributed by atoms with E-state index in [0.717, 1.165) is 0 Å². The molecule has 11 heavy (non-hydrogen) atoms. The first-order valence-electron chi connectivity index (χ1n) is 2.74. The maximum atomic E-state index is 9.99. The summed E-state index contributed by atoms with van der Waals surface area (Å²) >= 11 is 0. The van der Waals surface area contributed by atoms with Gasteiger partial charge < -0.3 is 18.8 Å². The summed E-state index contributed by atoms with van der Waals surface area (Å²) in [6.07, 6.45) is -0.224. The van der Waals surface area contributed by atoms with Crippen molar-refractivity contribution in [3.05, 3.63) is 0 Å². The van der Waals surface area contributed by atoms with Gasteiger partial charge in [0.1, 0.15) is 6.04 Å². The third-order valence-electron chi connectivity index (χ3n) is 0.986. The molecule has 0 saturated carbocycles. The minimum atomic E-state index is -1.17. The molecule has 6 heteroatoms. The van der Waals surface area contributed by atoms with Gasteiger partial charge in [-0.1, -0.05) is 0 Å². The monoisotopic (exact) mass is 189 g/mol. The van der Waals surface area contributed by atoms with Gasteiger partial charge in [0, 0.05) is 6.42 Å². The third kappa shape index (κ3) is 8.06. The Morgan fingerprint density at radius 3 is 2.18 bits per heavy atom. The normalized spacial score (nSPS) is 11.4. The molecule has 0 radical (unpaired) electrons. The van der Waals surface area contributed by atoms with Crippen LogP contribution in [0.1, 0.15) is 15.7 Å². The minimum absolute atomic E-state index is 0. The predicted octanol–water partition coefficient (Wildman–Crippen LogP) is -0.893. The van der Waals surface area contributed by atoms with Crippen LogP contribution in [0.4, 0.5) is 0 Å². The summed E-state index contributed by atoms with van der Waals surface area (Å²) in [6, 6.07) is -1.06. The molecule has 0 aromatic carbocycles. The minimum Gasteiger partial charge on any atom is -1.00 e. The molecule has 0 heterocycles. The number of carboxylic acid groups (broad SMARTS) is 2. The van der Waals surface area contributed by atoms with Crippen LogP contribution in [0.3, 0.4) is 0 Å². The molecular formula is C5H11CaNO4. The fraction of sp³-hybridized carbons (Fsp3) is 0.600. The van der Waals surface area contributed by atoms with Crippen LogP contribution in [0, 0.1) is 0 Å². The van der Waals surface area contributed by atoms with Crippen LogP contribution in [-0.2, 0) is 9.59 Å². The SMILES string of the molecule is N[C@@H](CCC(=O)O)C(=O)O.[Ca+2].[H-].[H-]. The van der Waals surface area contributed by atoms with E-state index >= 15 is 0 Å². The van der Waals surface area contributed by atoms with Gasteiger partial charge in [0.2, 0.25) is 0 Å². The van der Waals surface area contributed by atoms with Crippen molar-refractivity contribution in [1.82, 2.24) is 0 Å². The molecule has 0 saturated heterocycles. The first kappa shape index (κ1) is 13.7. The topological polar surface area (TPSA) is 101 Å². The van der Waals surface area contributed by atoms with E-state index in [1.165, 1.54) is 0 Å². The van der Waals surface area contributed by atoms with Crippen molar-refractivity contribution in [2.45, 2.75) is 18.9 Å². The van der Waals surface area contributed by atoms with Crippen LogP contribution in [0.15, 0.2) is 0 Å². The van der Waals surface area contributed by atoms with E-state index in [9.17, 15) is 9.59 Å². The predicted molar refractivity (Wildman–Crippen MR) is 40.5 cm³/mol. The molecule has 0 fully saturated rings. The molecule has 0 aliphatic carbocycles. The summed E-state index contributed by atoms with van der Waals surface area (Å²) in [6.45, 7) is 0. The summed E-state index contributed by atoms with van der Waals surface area (Å²) < 4.78 is 0. The van der Waals surface area contributed by atoms with E-state index in [0.29, 0.717) is 0 Å². The van der Waals surface area contributed by atoms with Crippen molar-refractivity contribution in [1.29, 1.82) is 0 Å². The fourth-order valence-electron chi connectivity index (χ4n) is 0.402. The molecule has 5 nitrogen and oxygen atoms in total. The van der Waals surface area contributed by atoms with Crippen LogP contribution < -0.4 is 5.73 Å². The zero-order chi connectivity index (χ0) is 8.15. The average molecular weight is 189 g/mol. The second-order valence-electron chi connectivity index (χ2n) is 1.88. The van der Waals surface area contributed by atoms with Crippen molar-refractivity contribution >= 4 is 49.7 Å². The van der Waals surface area contributed by atoms with Gasteiger partial charge in [-0.05, 0) is 6.42 Å². The Morgan fingerprint density at radius 1 is 1.45 bits per heavy atom. The van der Waals surface area contributed by atoms with E-state index in [1.54, 1.807) is 0 Å². The van der Waals surface area contributed by atoms with Gasteiger partial charge in [-0.3, -0.25) is 9.59 Å². The van der Waals surface area contributed by atoms with Crippen molar-refractivity contribution in [3.8, 4) is 0 Å². The van der Waals surface area contributed by atoms with Gasteiger partial charge in [0.15, 0.2) is 0 Å². The molecule has 0 aliphatic heterocycles. The first-order chi connectivity index (χ1) is 4.54. The van der Waals surface area contributed by atoms with E-state index in [4.69, 9.17) is 15.9 Å². The van der Waals surface area contributed by atoms with Crippen molar-refractivity contribution < 1.29 is 22.7 Å². The molecule has 0 spiro atoms. The van der Waals surface area contributed by atoms with Gasteiger partial charge in [-0.2, -0.15) is 0 Å². The summed E-state index contributed by atoms with van der Waals surface area (Å²) in [5.41, 5.74) is 5.00. The second kappa shape index (κ2) is 6.84. The Morgan fingerprint density at radius 2 is 1.91 bits per heavy atom. The summed E-state index contributed by atoms with van der Waals surface area (Å²) in [5, 5.41) is 16.3. The zero-order valence-electron chi connectivity index (χ0n) is 7.99. The smallest absolute Gasteiger partial charge is 1.00 e. The van der Waals surface area contributed by atoms with Crippen molar-refractivity contribution in [2.24, 2.45) is 5.73 Å². The number of carbonyl (C=O) groups is 2. The Kier molecular flexibility index (Phi) is 8.54. The standard InChI is InChI=1S/C5H9NO4.Ca.2H/c6-3(5(9)10)1-2-4(7)8;;;/h3H,1-2,6H2,(H,7,8)(H,9,10);;;/q;+2;2*-1/t3-;;;/m0.../s1.